The molecule has 0 saturated carbocycles. The number of rotatable bonds is 2. The second-order valence-corrected chi connectivity index (χ2v) is 5.51. The predicted octanol–water partition coefficient (Wildman–Crippen LogP) is -4.05. The topological polar surface area (TPSA) is 0 Å². The van der Waals surface area contributed by atoms with Crippen LogP contribution in [0.25, 0.3) is 0 Å². The van der Waals surface area contributed by atoms with Gasteiger partial charge in [0.15, 0.2) is 0 Å². The van der Waals surface area contributed by atoms with Crippen molar-refractivity contribution < 1.29 is 103 Å². The third kappa shape index (κ3) is 18.2. The zero-order valence-corrected chi connectivity index (χ0v) is 14.4. The molecule has 0 aliphatic rings. The Kier molecular flexibility index (Phi) is 44.1. The first-order valence-corrected chi connectivity index (χ1v) is 6.00. The standard InChI is InChI=1S/2K.H2S5/c;;1-3-5-4-2/h;;1-2H/q2*+1;/p-2. The molecule has 0 nitrogen and oxygen atoms in total. The summed E-state index contributed by atoms with van der Waals surface area (Å²) in [6, 6.07) is 0. The summed E-state index contributed by atoms with van der Waals surface area (Å²) in [6.45, 7) is 0. The van der Waals surface area contributed by atoms with Crippen molar-refractivity contribution in [2.45, 2.75) is 0 Å². The molecule has 0 aliphatic carbocycles. The average molecular weight is 239 g/mol. The van der Waals surface area contributed by atoms with Crippen LogP contribution in [0.2, 0.25) is 0 Å². The molecule has 0 N–H and O–H groups in total. The third-order valence-corrected chi connectivity index (χ3v) is 4.50. The first kappa shape index (κ1) is 17.9. The van der Waals surface area contributed by atoms with Crippen LogP contribution in [-0.4, -0.2) is 0 Å². The molecule has 0 spiro atoms. The Morgan fingerprint density at radius 1 is 0.857 bits per heavy atom. The molecule has 0 aliphatic heterocycles. The Morgan fingerprint density at radius 2 is 1.14 bits per heavy atom. The largest absolute Gasteiger partial charge is 1.00 e. The van der Waals surface area contributed by atoms with E-state index in [1.807, 2.05) is 0 Å². The molecule has 0 atom stereocenters. The summed E-state index contributed by atoms with van der Waals surface area (Å²) < 4.78 is 0. The second-order valence-electron chi connectivity index (χ2n) is 0.204. The predicted molar refractivity (Wildman–Crippen MR) is 37.5 cm³/mol. The zero-order chi connectivity index (χ0) is 4.12. The van der Waals surface area contributed by atoms with Crippen molar-refractivity contribution in [2.75, 3.05) is 0 Å². The monoisotopic (exact) mass is 238 g/mol. The molecule has 32 valence electrons. The molecule has 0 aromatic heterocycles. The molecule has 0 bridgehead atoms. The Hall–Kier alpha value is 5.02. The van der Waals surface area contributed by atoms with Crippen LogP contribution in [0.5, 0.6) is 0 Å². The van der Waals surface area contributed by atoms with Crippen molar-refractivity contribution in [3.05, 3.63) is 0 Å². The van der Waals surface area contributed by atoms with E-state index in [2.05, 4.69) is 23.3 Å². The Bertz CT molecular complexity index is 13.6. The molecule has 0 heterocycles. The van der Waals surface area contributed by atoms with Crippen LogP contribution < -0.4 is 103 Å². The van der Waals surface area contributed by atoms with Gasteiger partial charge in [-0.25, -0.2) is 0 Å². The van der Waals surface area contributed by atoms with Gasteiger partial charge in [0, 0.05) is 0 Å². The smallest absolute Gasteiger partial charge is 0.706 e. The molecular weight excluding hydrogens is 239 g/mol. The first-order chi connectivity index (χ1) is 2.41. The van der Waals surface area contributed by atoms with Gasteiger partial charge in [-0.05, 0) is 0 Å². The van der Waals surface area contributed by atoms with E-state index in [-0.39, 0.29) is 103 Å². The SMILES string of the molecule is [K+].[K+].[S-]SSS[S-]. The fraction of sp³-hybridized carbons (Fsp3) is 0. The average Bonchev–Trinajstić information content (AvgIpc) is 1.41. The van der Waals surface area contributed by atoms with Crippen LogP contribution in [0.4, 0.5) is 0 Å². The van der Waals surface area contributed by atoms with Gasteiger partial charge in [0.25, 0.3) is 0 Å². The molecule has 7 heteroatoms. The van der Waals surface area contributed by atoms with E-state index in [1.165, 1.54) is 29.5 Å². The van der Waals surface area contributed by atoms with Crippen LogP contribution in [0.1, 0.15) is 0 Å². The summed E-state index contributed by atoms with van der Waals surface area (Å²) in [5.74, 6) is 0. The molecule has 0 amide bonds. The van der Waals surface area contributed by atoms with Crippen LogP contribution in [-0.2, 0) is 23.3 Å². The van der Waals surface area contributed by atoms with Gasteiger partial charge in [0.05, 0.1) is 0 Å². The number of hydrogen-bond donors (Lipinski definition) is 0. The normalized spacial score (nSPS) is 6.00. The van der Waals surface area contributed by atoms with Crippen LogP contribution in [0.3, 0.4) is 0 Å². The van der Waals surface area contributed by atoms with E-state index in [0.29, 0.717) is 0 Å². The minimum Gasteiger partial charge on any atom is -0.706 e. The van der Waals surface area contributed by atoms with Gasteiger partial charge < -0.3 is 23.3 Å². The summed E-state index contributed by atoms with van der Waals surface area (Å²) in [5, 5.41) is 0. The molecule has 7 heavy (non-hydrogen) atoms. The first-order valence-electron chi connectivity index (χ1n) is 0.667. The van der Waals surface area contributed by atoms with E-state index in [0.717, 1.165) is 0 Å². The third-order valence-electron chi connectivity index (χ3n) is 0.0556. The Balaban J connectivity index is -0.0000000800. The molecule has 0 saturated heterocycles. The summed E-state index contributed by atoms with van der Waals surface area (Å²) in [7, 11) is 3.95. The van der Waals surface area contributed by atoms with Gasteiger partial charge >= 0.3 is 103 Å². The summed E-state index contributed by atoms with van der Waals surface area (Å²) >= 11 is 8.89. The van der Waals surface area contributed by atoms with E-state index in [1.54, 1.807) is 0 Å². The van der Waals surface area contributed by atoms with Gasteiger partial charge in [0.2, 0.25) is 0 Å². The van der Waals surface area contributed by atoms with Gasteiger partial charge in [0.1, 0.15) is 0 Å². The van der Waals surface area contributed by atoms with E-state index >= 15 is 0 Å². The van der Waals surface area contributed by atoms with Crippen LogP contribution >= 0.6 is 29.5 Å². The summed E-state index contributed by atoms with van der Waals surface area (Å²) in [4.78, 5) is 0. The minimum atomic E-state index is 0. The zero-order valence-electron chi connectivity index (χ0n) is 4.04. The minimum absolute atomic E-state index is 0. The van der Waals surface area contributed by atoms with Crippen molar-refractivity contribution in [1.29, 1.82) is 0 Å². The maximum atomic E-state index is 4.44. The molecule has 0 unspecified atom stereocenters. The van der Waals surface area contributed by atoms with Crippen LogP contribution in [0, 0.1) is 0 Å². The van der Waals surface area contributed by atoms with Crippen LogP contribution in [0.15, 0.2) is 0 Å². The fourth-order valence-corrected chi connectivity index (χ4v) is 2.76. The molecular formula is K2S5. The Morgan fingerprint density at radius 3 is 1.14 bits per heavy atom. The molecule has 0 aromatic rings. The maximum Gasteiger partial charge on any atom is 1.00 e. The van der Waals surface area contributed by atoms with Crippen molar-refractivity contribution >= 4 is 52.8 Å². The van der Waals surface area contributed by atoms with Crippen molar-refractivity contribution in [3.8, 4) is 0 Å². The van der Waals surface area contributed by atoms with Gasteiger partial charge in [-0.3, -0.25) is 19.7 Å². The van der Waals surface area contributed by atoms with Crippen molar-refractivity contribution in [3.63, 3.8) is 0 Å². The maximum absolute atomic E-state index is 4.44. The second kappa shape index (κ2) is 17.2. The molecule has 0 aromatic carbocycles. The number of hydrogen-bond acceptors (Lipinski definition) is 5. The summed E-state index contributed by atoms with van der Waals surface area (Å²) in [6.07, 6.45) is 0. The van der Waals surface area contributed by atoms with Crippen molar-refractivity contribution in [2.24, 2.45) is 0 Å². The summed E-state index contributed by atoms with van der Waals surface area (Å²) in [5.41, 5.74) is 0. The molecule has 0 rings (SSSR count). The van der Waals surface area contributed by atoms with Gasteiger partial charge in [-0.2, -0.15) is 0 Å². The van der Waals surface area contributed by atoms with E-state index in [4.69, 9.17) is 0 Å². The van der Waals surface area contributed by atoms with Gasteiger partial charge in [-0.1, -0.05) is 9.83 Å². The van der Waals surface area contributed by atoms with Gasteiger partial charge in [-0.15, -0.1) is 0 Å². The fourth-order valence-electron chi connectivity index (χ4n) is 0.0113. The van der Waals surface area contributed by atoms with Crippen molar-refractivity contribution in [1.82, 2.24) is 0 Å². The molecule has 0 radical (unpaired) electrons. The van der Waals surface area contributed by atoms with E-state index in [9.17, 15) is 0 Å². The Labute approximate surface area is 150 Å². The quantitative estimate of drug-likeness (QED) is 0.272. The molecule has 0 fully saturated rings. The van der Waals surface area contributed by atoms with E-state index < -0.39 is 0 Å².